The van der Waals surface area contributed by atoms with E-state index in [1.807, 2.05) is 4.90 Å². The van der Waals surface area contributed by atoms with Gasteiger partial charge >= 0.3 is 0 Å². The second-order valence-electron chi connectivity index (χ2n) is 6.96. The van der Waals surface area contributed by atoms with Crippen molar-refractivity contribution in [3.05, 3.63) is 12.4 Å². The van der Waals surface area contributed by atoms with E-state index in [0.717, 1.165) is 11.8 Å². The molecule has 1 amide bonds. The normalized spacial score (nSPS) is 38.3. The first-order valence-electron chi connectivity index (χ1n) is 8.02. The van der Waals surface area contributed by atoms with Crippen molar-refractivity contribution in [1.29, 1.82) is 0 Å². The predicted molar refractivity (Wildman–Crippen MR) is 75.2 cm³/mol. The van der Waals surface area contributed by atoms with Gasteiger partial charge in [-0.25, -0.2) is 4.68 Å². The van der Waals surface area contributed by atoms with Crippen molar-refractivity contribution in [2.45, 2.75) is 44.2 Å². The number of aromatic nitrogens is 3. The lowest BCUT2D eigenvalue weighted by atomic mass is 9.86. The van der Waals surface area contributed by atoms with Gasteiger partial charge in [-0.15, -0.1) is 5.10 Å². The maximum absolute atomic E-state index is 12.5. The molecule has 0 aromatic carbocycles. The minimum absolute atomic E-state index is 0.156. The molecule has 2 aliphatic carbocycles. The highest BCUT2D eigenvalue weighted by Crippen LogP contribution is 2.49. The largest absolute Gasteiger partial charge is 0.389 e. The third-order valence-corrected chi connectivity index (χ3v) is 5.71. The minimum atomic E-state index is -0.546. The second-order valence-corrected chi connectivity index (χ2v) is 6.96. The van der Waals surface area contributed by atoms with E-state index in [-0.39, 0.29) is 11.9 Å². The van der Waals surface area contributed by atoms with Gasteiger partial charge in [-0.2, -0.15) is 0 Å². The zero-order chi connectivity index (χ0) is 14.4. The van der Waals surface area contributed by atoms with Crippen molar-refractivity contribution in [3.63, 3.8) is 0 Å². The average molecular weight is 290 g/mol. The van der Waals surface area contributed by atoms with Gasteiger partial charge in [0.15, 0.2) is 0 Å². The Hall–Kier alpha value is -1.43. The summed E-state index contributed by atoms with van der Waals surface area (Å²) in [5.74, 6) is 2.44. The lowest BCUT2D eigenvalue weighted by molar-refractivity contribution is -0.132. The Morgan fingerprint density at radius 1 is 1.29 bits per heavy atom. The van der Waals surface area contributed by atoms with Crippen LogP contribution in [0.5, 0.6) is 0 Å². The monoisotopic (exact) mass is 290 g/mol. The maximum Gasteiger partial charge on any atom is 0.223 e. The third-order valence-electron chi connectivity index (χ3n) is 5.71. The number of rotatable bonds is 3. The molecule has 21 heavy (non-hydrogen) atoms. The van der Waals surface area contributed by atoms with Crippen molar-refractivity contribution < 1.29 is 9.90 Å². The molecule has 2 bridgehead atoms. The summed E-state index contributed by atoms with van der Waals surface area (Å²) in [4.78, 5) is 14.3. The quantitative estimate of drug-likeness (QED) is 0.896. The standard InChI is InChI=1S/C15H22N4O2/c20-14-9-18(8-13(14)19-4-3-16-17-19)15(21)7-12-6-10-1-2-11(12)5-10/h3-4,10-14,20H,1-2,5-9H2/t10?,11?,12?,13-,14-/m1/s1. The summed E-state index contributed by atoms with van der Waals surface area (Å²) in [6.45, 7) is 0.967. The Labute approximate surface area is 124 Å². The summed E-state index contributed by atoms with van der Waals surface area (Å²) in [5, 5.41) is 17.9. The molecule has 6 heteroatoms. The first kappa shape index (κ1) is 13.2. The molecule has 1 saturated heterocycles. The molecule has 2 saturated carbocycles. The van der Waals surface area contributed by atoms with Crippen LogP contribution >= 0.6 is 0 Å². The van der Waals surface area contributed by atoms with Gasteiger partial charge in [0.25, 0.3) is 0 Å². The van der Waals surface area contributed by atoms with Crippen molar-refractivity contribution >= 4 is 5.91 Å². The lowest BCUT2D eigenvalue weighted by Crippen LogP contribution is -2.32. The molecule has 1 aliphatic heterocycles. The predicted octanol–water partition coefficient (Wildman–Crippen LogP) is 0.849. The zero-order valence-corrected chi connectivity index (χ0v) is 12.1. The minimum Gasteiger partial charge on any atom is -0.389 e. The van der Waals surface area contributed by atoms with E-state index >= 15 is 0 Å². The lowest BCUT2D eigenvalue weighted by Gasteiger charge is -2.24. The number of β-amino-alcohol motifs (C(OH)–C–C–N with tert-alkyl or cyclic N) is 1. The van der Waals surface area contributed by atoms with Crippen LogP contribution in [0.15, 0.2) is 12.4 Å². The molecule has 114 valence electrons. The van der Waals surface area contributed by atoms with Crippen LogP contribution in [-0.4, -0.2) is 50.1 Å². The number of aliphatic hydroxyl groups excluding tert-OH is 1. The van der Waals surface area contributed by atoms with E-state index < -0.39 is 6.10 Å². The van der Waals surface area contributed by atoms with E-state index in [1.54, 1.807) is 17.1 Å². The number of carbonyl (C=O) groups is 1. The Morgan fingerprint density at radius 2 is 2.19 bits per heavy atom. The highest BCUT2D eigenvalue weighted by atomic mass is 16.3. The summed E-state index contributed by atoms with van der Waals surface area (Å²) >= 11 is 0. The number of hydrogen-bond donors (Lipinski definition) is 1. The molecule has 1 N–H and O–H groups in total. The van der Waals surface area contributed by atoms with Crippen LogP contribution in [0.2, 0.25) is 0 Å². The van der Waals surface area contributed by atoms with Crippen LogP contribution in [0.1, 0.15) is 38.1 Å². The Bertz CT molecular complexity index is 518. The van der Waals surface area contributed by atoms with Crippen molar-refractivity contribution in [2.75, 3.05) is 13.1 Å². The zero-order valence-electron chi connectivity index (χ0n) is 12.1. The molecule has 1 aromatic rings. The Balaban J connectivity index is 1.37. The summed E-state index contributed by atoms with van der Waals surface area (Å²) in [6.07, 6.45) is 8.72. The number of carbonyl (C=O) groups excluding carboxylic acids is 1. The van der Waals surface area contributed by atoms with Gasteiger partial charge in [0, 0.05) is 25.7 Å². The van der Waals surface area contributed by atoms with Crippen molar-refractivity contribution in [3.8, 4) is 0 Å². The van der Waals surface area contributed by atoms with Crippen molar-refractivity contribution in [2.24, 2.45) is 17.8 Å². The highest BCUT2D eigenvalue weighted by Gasteiger charge is 2.42. The molecular weight excluding hydrogens is 268 g/mol. The van der Waals surface area contributed by atoms with Gasteiger partial charge in [0.2, 0.25) is 5.91 Å². The Morgan fingerprint density at radius 3 is 2.86 bits per heavy atom. The maximum atomic E-state index is 12.5. The van der Waals surface area contributed by atoms with E-state index in [9.17, 15) is 9.90 Å². The van der Waals surface area contributed by atoms with Gasteiger partial charge < -0.3 is 10.0 Å². The van der Waals surface area contributed by atoms with E-state index in [2.05, 4.69) is 10.3 Å². The van der Waals surface area contributed by atoms with Gasteiger partial charge in [-0.05, 0) is 37.0 Å². The first-order chi connectivity index (χ1) is 10.2. The summed E-state index contributed by atoms with van der Waals surface area (Å²) in [5.41, 5.74) is 0. The van der Waals surface area contributed by atoms with Gasteiger partial charge in [0.05, 0.1) is 18.3 Å². The molecule has 3 unspecified atom stereocenters. The molecule has 3 aliphatic rings. The van der Waals surface area contributed by atoms with Crippen LogP contribution < -0.4 is 0 Å². The fraction of sp³-hybridized carbons (Fsp3) is 0.800. The van der Waals surface area contributed by atoms with Gasteiger partial charge in [-0.3, -0.25) is 4.79 Å². The third kappa shape index (κ3) is 2.35. The van der Waals surface area contributed by atoms with Gasteiger partial charge in [0.1, 0.15) is 0 Å². The first-order valence-corrected chi connectivity index (χ1v) is 8.02. The molecule has 3 fully saturated rings. The van der Waals surface area contributed by atoms with Crippen LogP contribution in [0.25, 0.3) is 0 Å². The van der Waals surface area contributed by atoms with Gasteiger partial charge in [-0.1, -0.05) is 11.6 Å². The average Bonchev–Trinajstić information content (AvgIpc) is 3.22. The highest BCUT2D eigenvalue weighted by molar-refractivity contribution is 5.77. The second kappa shape index (κ2) is 5.09. The molecule has 4 rings (SSSR count). The number of amides is 1. The number of fused-ring (bicyclic) bond motifs is 2. The fourth-order valence-corrected chi connectivity index (χ4v) is 4.61. The number of hydrogen-bond acceptors (Lipinski definition) is 4. The number of nitrogens with zero attached hydrogens (tertiary/aromatic N) is 4. The Kier molecular flexibility index (Phi) is 3.21. The molecule has 5 atom stereocenters. The summed E-state index contributed by atoms with van der Waals surface area (Å²) in [7, 11) is 0. The molecule has 0 radical (unpaired) electrons. The van der Waals surface area contributed by atoms with Crippen LogP contribution in [-0.2, 0) is 4.79 Å². The SMILES string of the molecule is O=C(CC1CC2CCC1C2)N1C[C@@H](O)[C@H](n2ccnn2)C1. The molecule has 0 spiro atoms. The summed E-state index contributed by atoms with van der Waals surface area (Å²) < 4.78 is 1.66. The smallest absolute Gasteiger partial charge is 0.223 e. The van der Waals surface area contributed by atoms with Crippen molar-refractivity contribution in [1.82, 2.24) is 19.9 Å². The topological polar surface area (TPSA) is 71.2 Å². The van der Waals surface area contributed by atoms with Crippen LogP contribution in [0.4, 0.5) is 0 Å². The molecule has 2 heterocycles. The van der Waals surface area contributed by atoms with Crippen LogP contribution in [0.3, 0.4) is 0 Å². The molecule has 6 nitrogen and oxygen atoms in total. The fourth-order valence-electron chi connectivity index (χ4n) is 4.61. The molecular formula is C15H22N4O2. The number of aliphatic hydroxyl groups is 1. The van der Waals surface area contributed by atoms with E-state index in [0.29, 0.717) is 25.4 Å². The van der Waals surface area contributed by atoms with Crippen LogP contribution in [0, 0.1) is 17.8 Å². The van der Waals surface area contributed by atoms with E-state index in [1.165, 1.54) is 25.7 Å². The van der Waals surface area contributed by atoms with E-state index in [4.69, 9.17) is 0 Å². The summed E-state index contributed by atoms with van der Waals surface area (Å²) in [6, 6.07) is -0.156. The number of likely N-dealkylation sites (tertiary alicyclic amines) is 1. The molecule has 1 aromatic heterocycles.